The average Bonchev–Trinajstić information content (AvgIpc) is 3.02. The predicted octanol–water partition coefficient (Wildman–Crippen LogP) is 5.80. The summed E-state index contributed by atoms with van der Waals surface area (Å²) in [5, 5.41) is 2.73. The van der Waals surface area contributed by atoms with Crippen LogP contribution in [0.4, 0.5) is 4.79 Å². The Morgan fingerprint density at radius 3 is 2.40 bits per heavy atom. The summed E-state index contributed by atoms with van der Waals surface area (Å²) in [6, 6.07) is 5.91. The molecule has 194 valence electrons. The minimum Gasteiger partial charge on any atom is -0.444 e. The number of benzene rings is 1. The first-order valence-electron chi connectivity index (χ1n) is 13.1. The zero-order chi connectivity index (χ0) is 26.1. The fourth-order valence-corrected chi connectivity index (χ4v) is 5.30. The Morgan fingerprint density at radius 1 is 1.11 bits per heavy atom. The van der Waals surface area contributed by atoms with Gasteiger partial charge >= 0.3 is 11.8 Å². The first-order chi connectivity index (χ1) is 16.3. The van der Waals surface area contributed by atoms with Crippen LogP contribution >= 0.6 is 0 Å². The van der Waals surface area contributed by atoms with Gasteiger partial charge in [-0.15, -0.1) is 0 Å². The number of nitrogens with one attached hydrogen (secondary N) is 1. The standard InChI is InChI=1S/C28H43N3O4/c1-17(2)20-10-12-23-24(16-20)30(14-13-29-26(33)35-28(6,7)8)27(34)31(23)25(32)22-15-19(5)9-11-21(22)18(3)4/h10,12,16-19,21-22H,9,11,13-15H2,1-8H3,(H,29,33)/t19-,21+,22-/m1/s1. The van der Waals surface area contributed by atoms with Gasteiger partial charge in [0.15, 0.2) is 0 Å². The monoisotopic (exact) mass is 485 g/mol. The quantitative estimate of drug-likeness (QED) is 0.561. The van der Waals surface area contributed by atoms with Crippen LogP contribution in [-0.2, 0) is 11.3 Å². The highest BCUT2D eigenvalue weighted by molar-refractivity contribution is 5.92. The van der Waals surface area contributed by atoms with Crippen LogP contribution in [-0.4, -0.2) is 33.3 Å². The number of rotatable bonds is 6. The number of carbonyl (C=O) groups is 2. The second-order valence-corrected chi connectivity index (χ2v) is 11.9. The van der Waals surface area contributed by atoms with Gasteiger partial charge < -0.3 is 10.1 Å². The number of fused-ring (bicyclic) bond motifs is 1. The number of alkyl carbamates (subject to hydrolysis) is 1. The van der Waals surface area contributed by atoms with Gasteiger partial charge in [-0.1, -0.05) is 47.1 Å². The molecular weight excluding hydrogens is 442 g/mol. The highest BCUT2D eigenvalue weighted by Crippen LogP contribution is 2.39. The van der Waals surface area contributed by atoms with Gasteiger partial charge in [0.25, 0.3) is 0 Å². The highest BCUT2D eigenvalue weighted by atomic mass is 16.6. The maximum atomic E-state index is 13.9. The smallest absolute Gasteiger partial charge is 0.407 e. The van der Waals surface area contributed by atoms with Gasteiger partial charge in [-0.3, -0.25) is 9.36 Å². The number of carbonyl (C=O) groups excluding carboxylic acids is 2. The van der Waals surface area contributed by atoms with Crippen LogP contribution < -0.4 is 11.0 Å². The van der Waals surface area contributed by atoms with Gasteiger partial charge in [0.1, 0.15) is 5.60 Å². The number of hydrogen-bond acceptors (Lipinski definition) is 4. The van der Waals surface area contributed by atoms with Gasteiger partial charge in [0, 0.05) is 19.0 Å². The summed E-state index contributed by atoms with van der Waals surface area (Å²) in [6.45, 7) is 16.6. The summed E-state index contributed by atoms with van der Waals surface area (Å²) in [5.74, 6) is 1.14. The van der Waals surface area contributed by atoms with Crippen LogP contribution in [0.25, 0.3) is 11.0 Å². The molecule has 7 nitrogen and oxygen atoms in total. The Balaban J connectivity index is 1.99. The molecule has 1 fully saturated rings. The summed E-state index contributed by atoms with van der Waals surface area (Å²) < 4.78 is 8.33. The van der Waals surface area contributed by atoms with Crippen molar-refractivity contribution in [3.8, 4) is 0 Å². The zero-order valence-electron chi connectivity index (χ0n) is 22.7. The summed E-state index contributed by atoms with van der Waals surface area (Å²) in [7, 11) is 0. The van der Waals surface area contributed by atoms with Gasteiger partial charge in [-0.25, -0.2) is 14.2 Å². The zero-order valence-corrected chi connectivity index (χ0v) is 22.7. The van der Waals surface area contributed by atoms with Crippen molar-refractivity contribution >= 4 is 23.0 Å². The summed E-state index contributed by atoms with van der Waals surface area (Å²) in [6.07, 6.45) is 2.42. The van der Waals surface area contributed by atoms with Crippen molar-refractivity contribution in [2.45, 2.75) is 92.7 Å². The third-order valence-electron chi connectivity index (χ3n) is 7.18. The van der Waals surface area contributed by atoms with Crippen LogP contribution in [0, 0.1) is 23.7 Å². The van der Waals surface area contributed by atoms with E-state index in [4.69, 9.17) is 4.74 Å². The van der Waals surface area contributed by atoms with E-state index in [1.54, 1.807) is 25.3 Å². The Labute approximate surface area is 209 Å². The molecule has 1 N–H and O–H groups in total. The first kappa shape index (κ1) is 27.0. The molecule has 1 aliphatic carbocycles. The van der Waals surface area contributed by atoms with Gasteiger partial charge in [0.05, 0.1) is 11.0 Å². The molecule has 1 heterocycles. The van der Waals surface area contributed by atoms with Crippen LogP contribution in [0.1, 0.15) is 90.9 Å². The normalized spacial score (nSPS) is 21.0. The molecule has 35 heavy (non-hydrogen) atoms. The third-order valence-corrected chi connectivity index (χ3v) is 7.18. The van der Waals surface area contributed by atoms with Crippen LogP contribution in [0.3, 0.4) is 0 Å². The van der Waals surface area contributed by atoms with Crippen molar-refractivity contribution in [2.75, 3.05) is 6.54 Å². The molecule has 0 saturated heterocycles. The topological polar surface area (TPSA) is 82.3 Å². The minimum absolute atomic E-state index is 0.0959. The van der Waals surface area contributed by atoms with Gasteiger partial charge in [-0.05, 0) is 75.0 Å². The maximum Gasteiger partial charge on any atom is 0.407 e. The Kier molecular flexibility index (Phi) is 8.17. The molecule has 1 aliphatic rings. The molecule has 2 aromatic rings. The fourth-order valence-electron chi connectivity index (χ4n) is 5.30. The average molecular weight is 486 g/mol. The molecule has 0 bridgehead atoms. The Bertz CT molecular complexity index is 1120. The van der Waals surface area contributed by atoms with Crippen molar-refractivity contribution in [2.24, 2.45) is 23.7 Å². The third kappa shape index (κ3) is 6.17. The van der Waals surface area contributed by atoms with Gasteiger partial charge in [0.2, 0.25) is 5.91 Å². The van der Waals surface area contributed by atoms with Crippen molar-refractivity contribution < 1.29 is 14.3 Å². The lowest BCUT2D eigenvalue weighted by Crippen LogP contribution is -2.41. The lowest BCUT2D eigenvalue weighted by atomic mass is 9.69. The molecule has 1 amide bonds. The molecule has 7 heteroatoms. The molecule has 1 saturated carbocycles. The molecule has 3 atom stereocenters. The van der Waals surface area contributed by atoms with Crippen LogP contribution in [0.2, 0.25) is 0 Å². The first-order valence-corrected chi connectivity index (χ1v) is 13.1. The molecule has 0 radical (unpaired) electrons. The van der Waals surface area contributed by atoms with E-state index in [9.17, 15) is 14.4 Å². The van der Waals surface area contributed by atoms with Crippen molar-refractivity contribution in [1.29, 1.82) is 0 Å². The second kappa shape index (κ2) is 10.6. The highest BCUT2D eigenvalue weighted by Gasteiger charge is 2.37. The number of aromatic nitrogens is 2. The molecule has 0 unspecified atom stereocenters. The van der Waals surface area contributed by atoms with E-state index in [0.29, 0.717) is 17.4 Å². The van der Waals surface area contributed by atoms with E-state index in [1.807, 2.05) is 18.2 Å². The van der Waals surface area contributed by atoms with Crippen LogP contribution in [0.15, 0.2) is 23.0 Å². The van der Waals surface area contributed by atoms with Gasteiger partial charge in [-0.2, -0.15) is 0 Å². The lowest BCUT2D eigenvalue weighted by molar-refractivity contribution is 0.0524. The SMILES string of the molecule is CC(C)c1ccc2c(c1)n(CCNC(=O)OC(C)(C)C)c(=O)n2C(=O)[C@@H]1C[C@H](C)CC[C@H]1C(C)C. The Hall–Kier alpha value is -2.57. The minimum atomic E-state index is -0.598. The number of nitrogens with zero attached hydrogens (tertiary/aromatic N) is 2. The van der Waals surface area contributed by atoms with E-state index in [1.165, 1.54) is 4.57 Å². The van der Waals surface area contributed by atoms with E-state index in [-0.39, 0.29) is 42.4 Å². The molecule has 3 rings (SSSR count). The number of imidazole rings is 1. The van der Waals surface area contributed by atoms with Crippen molar-refractivity contribution in [3.05, 3.63) is 34.2 Å². The largest absolute Gasteiger partial charge is 0.444 e. The summed E-state index contributed by atoms with van der Waals surface area (Å²) in [4.78, 5) is 39.7. The van der Waals surface area contributed by atoms with E-state index in [0.717, 1.165) is 30.3 Å². The molecule has 1 aromatic carbocycles. The molecule has 0 spiro atoms. The van der Waals surface area contributed by atoms with Crippen molar-refractivity contribution in [3.63, 3.8) is 0 Å². The number of hydrogen-bond donors (Lipinski definition) is 1. The lowest BCUT2D eigenvalue weighted by Gasteiger charge is -2.36. The van der Waals surface area contributed by atoms with E-state index < -0.39 is 11.7 Å². The van der Waals surface area contributed by atoms with E-state index >= 15 is 0 Å². The summed E-state index contributed by atoms with van der Waals surface area (Å²) in [5.41, 5.74) is 1.53. The summed E-state index contributed by atoms with van der Waals surface area (Å²) >= 11 is 0. The molecule has 0 aliphatic heterocycles. The second-order valence-electron chi connectivity index (χ2n) is 11.9. The molecular formula is C28H43N3O4. The predicted molar refractivity (Wildman–Crippen MR) is 140 cm³/mol. The number of amides is 1. The molecule has 1 aromatic heterocycles. The Morgan fingerprint density at radius 2 is 1.80 bits per heavy atom. The van der Waals surface area contributed by atoms with E-state index in [2.05, 4.69) is 39.9 Å². The number of ether oxygens (including phenoxy) is 1. The van der Waals surface area contributed by atoms with Crippen LogP contribution in [0.5, 0.6) is 0 Å². The maximum absolute atomic E-state index is 13.9. The van der Waals surface area contributed by atoms with Crippen molar-refractivity contribution in [1.82, 2.24) is 14.5 Å². The fraction of sp³-hybridized carbons (Fsp3) is 0.679.